The van der Waals surface area contributed by atoms with Crippen LogP contribution in [0.4, 0.5) is 11.4 Å². The van der Waals surface area contributed by atoms with E-state index < -0.39 is 0 Å². The number of ether oxygens (including phenoxy) is 1. The van der Waals surface area contributed by atoms with Gasteiger partial charge >= 0.3 is 0 Å². The number of carbonyl (C=O) groups is 2. The van der Waals surface area contributed by atoms with Crippen molar-refractivity contribution >= 4 is 23.2 Å². The molecule has 34 heavy (non-hydrogen) atoms. The largest absolute Gasteiger partial charge is 0.377 e. The highest BCUT2D eigenvalue weighted by molar-refractivity contribution is 5.94. The third kappa shape index (κ3) is 5.98. The first-order valence-electron chi connectivity index (χ1n) is 12.5. The maximum Gasteiger partial charge on any atom is 0.230 e. The normalized spacial score (nSPS) is 18.4. The molecule has 4 rings (SSSR count). The van der Waals surface area contributed by atoms with E-state index in [2.05, 4.69) is 17.1 Å². The van der Waals surface area contributed by atoms with Gasteiger partial charge in [0, 0.05) is 51.1 Å². The number of amides is 2. The Kier molecular flexibility index (Phi) is 7.88. The van der Waals surface area contributed by atoms with Gasteiger partial charge in [0.1, 0.15) is 0 Å². The number of nitrogens with zero attached hydrogens (tertiary/aromatic N) is 2. The quantitative estimate of drug-likeness (QED) is 0.550. The second kappa shape index (κ2) is 11.0. The summed E-state index contributed by atoms with van der Waals surface area (Å²) < 4.78 is 5.92. The van der Waals surface area contributed by atoms with E-state index >= 15 is 0 Å². The van der Waals surface area contributed by atoms with Crippen molar-refractivity contribution < 1.29 is 14.3 Å². The predicted molar refractivity (Wildman–Crippen MR) is 136 cm³/mol. The van der Waals surface area contributed by atoms with Crippen LogP contribution < -0.4 is 10.2 Å². The zero-order valence-electron chi connectivity index (χ0n) is 20.6. The highest BCUT2D eigenvalue weighted by atomic mass is 16.5. The van der Waals surface area contributed by atoms with Crippen LogP contribution in [0, 0.1) is 5.92 Å². The van der Waals surface area contributed by atoms with Gasteiger partial charge in [0.05, 0.1) is 12.0 Å². The van der Waals surface area contributed by atoms with Crippen molar-refractivity contribution in [3.8, 4) is 0 Å². The van der Waals surface area contributed by atoms with Crippen LogP contribution in [0.15, 0.2) is 48.5 Å². The lowest BCUT2D eigenvalue weighted by atomic mass is 9.94. The van der Waals surface area contributed by atoms with E-state index in [1.165, 1.54) is 0 Å². The van der Waals surface area contributed by atoms with E-state index in [-0.39, 0.29) is 29.8 Å². The summed E-state index contributed by atoms with van der Waals surface area (Å²) in [5, 5.41) is 3.06. The fourth-order valence-electron chi connectivity index (χ4n) is 4.75. The Labute approximate surface area is 203 Å². The molecule has 182 valence electrons. The molecule has 6 heteroatoms. The molecular formula is C28H37N3O3. The summed E-state index contributed by atoms with van der Waals surface area (Å²) in [6.07, 6.45) is 4.76. The minimum absolute atomic E-state index is 0.0674. The van der Waals surface area contributed by atoms with Crippen LogP contribution in [-0.4, -0.2) is 50.1 Å². The summed E-state index contributed by atoms with van der Waals surface area (Å²) in [5.74, 6) is 0.168. The summed E-state index contributed by atoms with van der Waals surface area (Å²) in [5.41, 5.74) is 3.90. The second-order valence-electron chi connectivity index (χ2n) is 9.73. The van der Waals surface area contributed by atoms with Crippen LogP contribution in [0.1, 0.15) is 56.1 Å². The summed E-state index contributed by atoms with van der Waals surface area (Å²) in [6, 6.07) is 16.0. The van der Waals surface area contributed by atoms with Crippen molar-refractivity contribution in [3.05, 3.63) is 59.7 Å². The third-order valence-electron chi connectivity index (χ3n) is 6.81. The molecule has 2 aliphatic rings. The minimum atomic E-state index is -0.192. The van der Waals surface area contributed by atoms with Gasteiger partial charge in [0.2, 0.25) is 11.8 Å². The summed E-state index contributed by atoms with van der Waals surface area (Å²) in [6.45, 7) is 3.88. The Morgan fingerprint density at radius 2 is 1.85 bits per heavy atom. The molecular weight excluding hydrogens is 426 g/mol. The number of benzene rings is 2. The van der Waals surface area contributed by atoms with E-state index in [0.29, 0.717) is 13.1 Å². The summed E-state index contributed by atoms with van der Waals surface area (Å²) in [4.78, 5) is 30.3. The summed E-state index contributed by atoms with van der Waals surface area (Å²) in [7, 11) is 4.01. The van der Waals surface area contributed by atoms with Gasteiger partial charge in [-0.05, 0) is 61.4 Å². The van der Waals surface area contributed by atoms with Crippen LogP contribution in [0.25, 0.3) is 0 Å². The van der Waals surface area contributed by atoms with Crippen LogP contribution in [0.2, 0.25) is 0 Å². The van der Waals surface area contributed by atoms with Crippen LogP contribution >= 0.6 is 0 Å². The van der Waals surface area contributed by atoms with E-state index in [1.54, 1.807) is 0 Å². The molecule has 1 saturated heterocycles. The molecule has 1 N–H and O–H groups in total. The van der Waals surface area contributed by atoms with Crippen LogP contribution in [0.3, 0.4) is 0 Å². The minimum Gasteiger partial charge on any atom is -0.377 e. The first-order valence-corrected chi connectivity index (χ1v) is 12.5. The van der Waals surface area contributed by atoms with E-state index in [4.69, 9.17) is 4.74 Å². The van der Waals surface area contributed by atoms with Crippen molar-refractivity contribution in [1.29, 1.82) is 0 Å². The summed E-state index contributed by atoms with van der Waals surface area (Å²) >= 11 is 0. The van der Waals surface area contributed by atoms with Gasteiger partial charge in [-0.25, -0.2) is 0 Å². The monoisotopic (exact) mass is 463 g/mol. The topological polar surface area (TPSA) is 61.9 Å². The molecule has 0 radical (unpaired) electrons. The molecule has 6 nitrogen and oxygen atoms in total. The SMILES string of the molecule is CCC(C(=O)N(Cc1cc(NC(=O)C2CC2)ccc1N(C)C)CC1CCCO1)c1ccccc1. The van der Waals surface area contributed by atoms with Gasteiger partial charge in [-0.2, -0.15) is 0 Å². The zero-order valence-corrected chi connectivity index (χ0v) is 20.6. The van der Waals surface area contributed by atoms with Crippen molar-refractivity contribution in [2.75, 3.05) is 37.5 Å². The number of rotatable bonds is 10. The molecule has 1 aliphatic carbocycles. The molecule has 2 fully saturated rings. The lowest BCUT2D eigenvalue weighted by molar-refractivity contribution is -0.135. The number of hydrogen-bond acceptors (Lipinski definition) is 4. The van der Waals surface area contributed by atoms with E-state index in [1.807, 2.05) is 67.5 Å². The lowest BCUT2D eigenvalue weighted by Crippen LogP contribution is -2.40. The fraction of sp³-hybridized carbons (Fsp3) is 0.500. The van der Waals surface area contributed by atoms with Gasteiger partial charge in [-0.3, -0.25) is 9.59 Å². The van der Waals surface area contributed by atoms with E-state index in [9.17, 15) is 9.59 Å². The number of anilines is 2. The van der Waals surface area contributed by atoms with Crippen molar-refractivity contribution in [3.63, 3.8) is 0 Å². The Morgan fingerprint density at radius 1 is 1.09 bits per heavy atom. The van der Waals surface area contributed by atoms with Crippen LogP contribution in [-0.2, 0) is 20.9 Å². The Morgan fingerprint density at radius 3 is 2.47 bits per heavy atom. The third-order valence-corrected chi connectivity index (χ3v) is 6.81. The van der Waals surface area contributed by atoms with Crippen molar-refractivity contribution in [2.45, 2.75) is 57.6 Å². The molecule has 1 saturated carbocycles. The lowest BCUT2D eigenvalue weighted by Gasteiger charge is -2.31. The molecule has 1 heterocycles. The van der Waals surface area contributed by atoms with Gasteiger partial charge in [0.25, 0.3) is 0 Å². The van der Waals surface area contributed by atoms with Gasteiger partial charge in [-0.15, -0.1) is 0 Å². The standard InChI is InChI=1S/C28H37N3O3/c1-4-25(20-9-6-5-7-10-20)28(33)31(19-24-11-8-16-34-24)18-22-17-23(14-15-26(22)30(2)3)29-27(32)21-12-13-21/h5-7,9-10,14-15,17,21,24-25H,4,8,11-13,16,18-19H2,1-3H3,(H,29,32). The average Bonchev–Trinajstić information content (AvgIpc) is 3.57. The molecule has 1 aliphatic heterocycles. The van der Waals surface area contributed by atoms with Gasteiger partial charge in [0.15, 0.2) is 0 Å². The Hall–Kier alpha value is -2.86. The highest BCUT2D eigenvalue weighted by Crippen LogP contribution is 2.32. The van der Waals surface area contributed by atoms with Crippen molar-refractivity contribution in [1.82, 2.24) is 4.90 Å². The molecule has 2 aromatic rings. The molecule has 0 spiro atoms. The molecule has 2 aromatic carbocycles. The predicted octanol–water partition coefficient (Wildman–Crippen LogP) is 4.80. The Bertz CT molecular complexity index is 982. The first kappa shape index (κ1) is 24.3. The average molecular weight is 464 g/mol. The van der Waals surface area contributed by atoms with Gasteiger partial charge in [-0.1, -0.05) is 37.3 Å². The first-order chi connectivity index (χ1) is 16.5. The van der Waals surface area contributed by atoms with Gasteiger partial charge < -0.3 is 19.9 Å². The molecule has 0 aromatic heterocycles. The van der Waals surface area contributed by atoms with Crippen LogP contribution in [0.5, 0.6) is 0 Å². The van der Waals surface area contributed by atoms with E-state index in [0.717, 1.165) is 61.2 Å². The fourth-order valence-corrected chi connectivity index (χ4v) is 4.75. The number of hydrogen-bond donors (Lipinski definition) is 1. The Balaban J connectivity index is 1.61. The molecule has 0 bridgehead atoms. The highest BCUT2D eigenvalue weighted by Gasteiger charge is 2.31. The molecule has 2 amide bonds. The second-order valence-corrected chi connectivity index (χ2v) is 9.73. The zero-order chi connectivity index (χ0) is 24.1. The smallest absolute Gasteiger partial charge is 0.230 e. The maximum atomic E-state index is 13.9. The van der Waals surface area contributed by atoms with Crippen molar-refractivity contribution in [2.24, 2.45) is 5.92 Å². The molecule has 2 unspecified atom stereocenters. The maximum absolute atomic E-state index is 13.9. The number of nitrogens with one attached hydrogen (secondary N) is 1. The molecule has 2 atom stereocenters. The number of carbonyl (C=O) groups excluding carboxylic acids is 2.